The molecule has 4 heteroatoms. The van der Waals surface area contributed by atoms with E-state index in [0.717, 1.165) is 15.8 Å². The van der Waals surface area contributed by atoms with Gasteiger partial charge in [-0.25, -0.2) is 4.39 Å². The maximum atomic E-state index is 13.0. The van der Waals surface area contributed by atoms with Gasteiger partial charge in [0.15, 0.2) is 0 Å². The Morgan fingerprint density at radius 1 is 1.05 bits per heavy atom. The first-order valence-corrected chi connectivity index (χ1v) is 11.2. The lowest BCUT2D eigenvalue weighted by molar-refractivity contribution is 0.627. The summed E-state index contributed by atoms with van der Waals surface area (Å²) in [5.41, 5.74) is 2.22. The summed E-state index contributed by atoms with van der Waals surface area (Å²) in [5.74, 6) is -0.195. The first-order chi connectivity index (χ1) is 9.36. The van der Waals surface area contributed by atoms with Gasteiger partial charge in [-0.3, -0.25) is 0 Å². The highest BCUT2D eigenvalue weighted by Crippen LogP contribution is 2.19. The van der Waals surface area contributed by atoms with E-state index in [0.29, 0.717) is 0 Å². The van der Waals surface area contributed by atoms with Crippen LogP contribution in [-0.4, -0.2) is 8.07 Å². The molecule has 0 aliphatic heterocycles. The molecule has 0 atom stereocenters. The summed E-state index contributed by atoms with van der Waals surface area (Å²) < 4.78 is 13.9. The number of anilines is 1. The van der Waals surface area contributed by atoms with Crippen LogP contribution in [0.5, 0.6) is 0 Å². The van der Waals surface area contributed by atoms with Crippen LogP contribution in [0.15, 0.2) is 42.5 Å². The van der Waals surface area contributed by atoms with Crippen LogP contribution in [0.1, 0.15) is 5.56 Å². The van der Waals surface area contributed by atoms with Gasteiger partial charge in [0.2, 0.25) is 0 Å². The lowest BCUT2D eigenvalue weighted by Crippen LogP contribution is -2.37. The van der Waals surface area contributed by atoms with Crippen LogP contribution in [0.4, 0.5) is 10.1 Å². The Morgan fingerprint density at radius 2 is 1.70 bits per heavy atom. The predicted molar refractivity (Wildman–Crippen MR) is 95.9 cm³/mol. The largest absolute Gasteiger partial charge is 0.380 e. The molecule has 1 N–H and O–H groups in total. The molecule has 0 aliphatic rings. The number of hydrogen-bond donors (Lipinski definition) is 1. The van der Waals surface area contributed by atoms with Crippen molar-refractivity contribution in [2.45, 2.75) is 26.2 Å². The van der Waals surface area contributed by atoms with Crippen LogP contribution in [-0.2, 0) is 6.54 Å². The van der Waals surface area contributed by atoms with Crippen LogP contribution in [0.3, 0.4) is 0 Å². The lowest BCUT2D eigenvalue weighted by Gasteiger charge is -2.17. The Balaban J connectivity index is 2.04. The summed E-state index contributed by atoms with van der Waals surface area (Å²) in [4.78, 5) is 0. The summed E-state index contributed by atoms with van der Waals surface area (Å²) in [6.45, 7) is 7.80. The van der Waals surface area contributed by atoms with Crippen LogP contribution in [0.25, 0.3) is 0 Å². The maximum absolute atomic E-state index is 13.0. The molecule has 0 bridgehead atoms. The Morgan fingerprint density at radius 3 is 2.25 bits per heavy atom. The van der Waals surface area contributed by atoms with Gasteiger partial charge >= 0.3 is 0 Å². The fourth-order valence-electron chi connectivity index (χ4n) is 1.95. The van der Waals surface area contributed by atoms with E-state index in [4.69, 9.17) is 0 Å². The zero-order valence-corrected chi connectivity index (χ0v) is 15.2. The number of nitrogens with one attached hydrogen (secondary N) is 1. The maximum Gasteiger partial charge on any atom is 0.124 e. The van der Waals surface area contributed by atoms with E-state index in [9.17, 15) is 4.39 Å². The molecule has 2 aromatic carbocycles. The van der Waals surface area contributed by atoms with Crippen molar-refractivity contribution >= 4 is 41.5 Å². The Bertz CT molecular complexity index is 590. The number of rotatable bonds is 4. The summed E-state index contributed by atoms with van der Waals surface area (Å²) in [7, 11) is -1.22. The molecular weight excluding hydrogens is 380 g/mol. The number of benzene rings is 2. The van der Waals surface area contributed by atoms with E-state index in [-0.39, 0.29) is 5.82 Å². The fourth-order valence-corrected chi connectivity index (χ4v) is 3.79. The fraction of sp³-hybridized carbons (Fsp3) is 0.250. The molecule has 0 unspecified atom stereocenters. The standard InChI is InChI=1S/C16H19FINSi/c1-20(2,3)14-7-4-12(5-8-14)11-19-16-9-6-13(17)10-15(16)18/h4-10,19H,11H2,1-3H3. The van der Waals surface area contributed by atoms with Gasteiger partial charge in [-0.2, -0.15) is 0 Å². The predicted octanol–water partition coefficient (Wildman–Crippen LogP) is 4.59. The van der Waals surface area contributed by atoms with Crippen molar-refractivity contribution in [3.05, 3.63) is 57.4 Å². The molecule has 0 aromatic heterocycles. The molecule has 2 aromatic rings. The molecule has 0 amide bonds. The van der Waals surface area contributed by atoms with Crippen molar-refractivity contribution < 1.29 is 4.39 Å². The third-order valence-corrected chi connectivity index (χ3v) is 6.19. The second-order valence-corrected chi connectivity index (χ2v) is 12.2. The SMILES string of the molecule is C[Si](C)(C)c1ccc(CNc2ccc(F)cc2I)cc1. The van der Waals surface area contributed by atoms with Gasteiger partial charge in [0, 0.05) is 15.8 Å². The highest BCUT2D eigenvalue weighted by atomic mass is 127. The van der Waals surface area contributed by atoms with E-state index in [1.54, 1.807) is 6.07 Å². The molecule has 0 fully saturated rings. The monoisotopic (exact) mass is 399 g/mol. The van der Waals surface area contributed by atoms with E-state index in [2.05, 4.69) is 71.8 Å². The summed E-state index contributed by atoms with van der Waals surface area (Å²) >= 11 is 2.15. The molecule has 0 radical (unpaired) electrons. The Hall–Kier alpha value is -0.883. The van der Waals surface area contributed by atoms with Crippen molar-refractivity contribution in [3.8, 4) is 0 Å². The average molecular weight is 399 g/mol. The topological polar surface area (TPSA) is 12.0 Å². The van der Waals surface area contributed by atoms with Gasteiger partial charge in [-0.1, -0.05) is 49.1 Å². The van der Waals surface area contributed by atoms with Gasteiger partial charge in [0.05, 0.1) is 8.07 Å². The van der Waals surface area contributed by atoms with Crippen LogP contribution in [0, 0.1) is 9.39 Å². The summed E-state index contributed by atoms with van der Waals surface area (Å²) in [6, 6.07) is 13.6. The van der Waals surface area contributed by atoms with Crippen molar-refractivity contribution in [2.75, 3.05) is 5.32 Å². The van der Waals surface area contributed by atoms with Crippen molar-refractivity contribution in [1.82, 2.24) is 0 Å². The van der Waals surface area contributed by atoms with Crippen LogP contribution in [0.2, 0.25) is 19.6 Å². The molecule has 20 heavy (non-hydrogen) atoms. The smallest absolute Gasteiger partial charge is 0.124 e. The van der Waals surface area contributed by atoms with E-state index in [1.165, 1.54) is 22.9 Å². The Labute approximate surface area is 134 Å². The van der Waals surface area contributed by atoms with Crippen molar-refractivity contribution in [2.24, 2.45) is 0 Å². The number of hydrogen-bond acceptors (Lipinski definition) is 1. The van der Waals surface area contributed by atoms with Crippen molar-refractivity contribution in [1.29, 1.82) is 0 Å². The van der Waals surface area contributed by atoms with Gasteiger partial charge in [-0.05, 0) is 46.4 Å². The molecule has 0 spiro atoms. The second kappa shape index (κ2) is 6.26. The lowest BCUT2D eigenvalue weighted by atomic mass is 10.2. The third kappa shape index (κ3) is 4.05. The van der Waals surface area contributed by atoms with Gasteiger partial charge in [0.1, 0.15) is 5.82 Å². The van der Waals surface area contributed by atoms with E-state index in [1.807, 2.05) is 0 Å². The average Bonchev–Trinajstić information content (AvgIpc) is 2.37. The van der Waals surface area contributed by atoms with Gasteiger partial charge < -0.3 is 5.32 Å². The van der Waals surface area contributed by atoms with Crippen molar-refractivity contribution in [3.63, 3.8) is 0 Å². The number of halogens is 2. The van der Waals surface area contributed by atoms with Crippen LogP contribution < -0.4 is 10.5 Å². The molecular formula is C16H19FINSi. The minimum Gasteiger partial charge on any atom is -0.380 e. The summed E-state index contributed by atoms with van der Waals surface area (Å²) in [5, 5.41) is 4.82. The minimum absolute atomic E-state index is 0.195. The molecule has 1 nitrogen and oxygen atoms in total. The van der Waals surface area contributed by atoms with Gasteiger partial charge in [0.25, 0.3) is 0 Å². The zero-order chi connectivity index (χ0) is 14.8. The van der Waals surface area contributed by atoms with Gasteiger partial charge in [-0.15, -0.1) is 0 Å². The van der Waals surface area contributed by atoms with Crippen LogP contribution >= 0.6 is 22.6 Å². The molecule has 2 rings (SSSR count). The molecule has 0 aliphatic carbocycles. The highest BCUT2D eigenvalue weighted by Gasteiger charge is 2.15. The van der Waals surface area contributed by atoms with E-state index < -0.39 is 8.07 Å². The minimum atomic E-state index is -1.22. The zero-order valence-electron chi connectivity index (χ0n) is 12.0. The first-order valence-electron chi connectivity index (χ1n) is 6.64. The van der Waals surface area contributed by atoms with E-state index >= 15 is 0 Å². The molecule has 106 valence electrons. The molecule has 0 saturated carbocycles. The molecule has 0 saturated heterocycles. The highest BCUT2D eigenvalue weighted by molar-refractivity contribution is 14.1. The first kappa shape index (κ1) is 15.5. The Kier molecular flexibility index (Phi) is 4.85. The third-order valence-electron chi connectivity index (χ3n) is 3.23. The normalized spacial score (nSPS) is 11.4. The second-order valence-electron chi connectivity index (χ2n) is 5.92. The quantitative estimate of drug-likeness (QED) is 0.586. The molecule has 0 heterocycles. The summed E-state index contributed by atoms with van der Waals surface area (Å²) in [6.07, 6.45) is 0.